The van der Waals surface area contributed by atoms with Crippen LogP contribution in [0.25, 0.3) is 0 Å². The van der Waals surface area contributed by atoms with Gasteiger partial charge in [-0.25, -0.2) is 4.79 Å². The molecule has 1 N–H and O–H groups in total. The molecule has 0 radical (unpaired) electrons. The molecular formula is C12H16N2O3. The summed E-state index contributed by atoms with van der Waals surface area (Å²) in [7, 11) is 1.73. The molecule has 0 unspecified atom stereocenters. The molecule has 0 aromatic carbocycles. The van der Waals surface area contributed by atoms with E-state index in [9.17, 15) is 4.79 Å². The van der Waals surface area contributed by atoms with E-state index in [0.29, 0.717) is 30.1 Å². The Hall–Kier alpha value is -1.36. The van der Waals surface area contributed by atoms with Crippen LogP contribution in [0.2, 0.25) is 0 Å². The van der Waals surface area contributed by atoms with Crippen molar-refractivity contribution in [1.82, 2.24) is 10.2 Å². The Morgan fingerprint density at radius 2 is 2.41 bits per heavy atom. The summed E-state index contributed by atoms with van der Waals surface area (Å²) in [6.07, 6.45) is 0.929. The minimum Gasteiger partial charge on any atom is -0.461 e. The van der Waals surface area contributed by atoms with Crippen LogP contribution in [0.4, 0.5) is 0 Å². The highest BCUT2D eigenvalue weighted by Crippen LogP contribution is 2.61. The molecule has 3 rings (SSSR count). The molecule has 0 spiro atoms. The van der Waals surface area contributed by atoms with Crippen molar-refractivity contribution >= 4 is 5.97 Å². The number of nitrogens with zero attached hydrogens (tertiary/aromatic N) is 1. The van der Waals surface area contributed by atoms with E-state index in [1.54, 1.807) is 14.0 Å². The number of hydrogen-bond acceptors (Lipinski definition) is 4. The van der Waals surface area contributed by atoms with Gasteiger partial charge in [-0.3, -0.25) is 5.10 Å². The normalized spacial score (nSPS) is 28.7. The fourth-order valence-corrected chi connectivity index (χ4v) is 3.04. The second-order valence-electron chi connectivity index (χ2n) is 4.70. The first-order chi connectivity index (χ1) is 8.27. The molecule has 5 nitrogen and oxygen atoms in total. The molecule has 0 saturated heterocycles. The number of aromatic nitrogens is 2. The lowest BCUT2D eigenvalue weighted by atomic mass is 10.1. The van der Waals surface area contributed by atoms with Crippen LogP contribution in [0.5, 0.6) is 0 Å². The van der Waals surface area contributed by atoms with E-state index >= 15 is 0 Å². The molecule has 1 aromatic heterocycles. The number of carbonyl (C=O) groups is 1. The van der Waals surface area contributed by atoms with Crippen molar-refractivity contribution in [1.29, 1.82) is 0 Å². The van der Waals surface area contributed by atoms with Gasteiger partial charge in [0.05, 0.1) is 6.61 Å². The van der Waals surface area contributed by atoms with Crippen molar-refractivity contribution in [2.45, 2.75) is 19.3 Å². The minimum atomic E-state index is -0.311. The Kier molecular flexibility index (Phi) is 2.43. The van der Waals surface area contributed by atoms with Gasteiger partial charge in [0.25, 0.3) is 0 Å². The molecule has 2 aliphatic carbocycles. The van der Waals surface area contributed by atoms with E-state index in [2.05, 4.69) is 10.2 Å². The molecule has 1 saturated carbocycles. The number of H-pyrrole nitrogens is 1. The zero-order valence-electron chi connectivity index (χ0n) is 10.0. The van der Waals surface area contributed by atoms with E-state index in [-0.39, 0.29) is 5.97 Å². The van der Waals surface area contributed by atoms with Gasteiger partial charge < -0.3 is 9.47 Å². The SMILES string of the molecule is CCOC(=O)c1n[nH]c2c1C[C@H]1[C@@H](COC)[C@@H]21. The third-order valence-electron chi connectivity index (χ3n) is 3.83. The van der Waals surface area contributed by atoms with Crippen LogP contribution in [0.1, 0.15) is 34.6 Å². The molecule has 2 aliphatic rings. The van der Waals surface area contributed by atoms with Crippen LogP contribution in [0.3, 0.4) is 0 Å². The first-order valence-corrected chi connectivity index (χ1v) is 6.01. The van der Waals surface area contributed by atoms with Crippen LogP contribution in [-0.4, -0.2) is 36.5 Å². The summed E-state index contributed by atoms with van der Waals surface area (Å²) in [6, 6.07) is 0. The third-order valence-corrected chi connectivity index (χ3v) is 3.83. The van der Waals surface area contributed by atoms with Gasteiger partial charge in [-0.2, -0.15) is 5.10 Å². The van der Waals surface area contributed by atoms with Gasteiger partial charge in [-0.05, 0) is 25.2 Å². The van der Waals surface area contributed by atoms with Gasteiger partial charge in [0, 0.05) is 30.9 Å². The monoisotopic (exact) mass is 236 g/mol. The standard InChI is InChI=1S/C12H16N2O3/c1-3-17-12(15)11-7-4-6-8(5-16-2)9(6)10(7)13-14-11/h6,8-9H,3-5H2,1-2H3,(H,13,14)/t6-,8+,9-/m0/s1. The summed E-state index contributed by atoms with van der Waals surface area (Å²) in [4.78, 5) is 11.7. The predicted molar refractivity (Wildman–Crippen MR) is 59.8 cm³/mol. The second-order valence-corrected chi connectivity index (χ2v) is 4.70. The smallest absolute Gasteiger partial charge is 0.359 e. The second kappa shape index (κ2) is 3.84. The number of carbonyl (C=O) groups excluding carboxylic acids is 1. The fraction of sp³-hybridized carbons (Fsp3) is 0.667. The van der Waals surface area contributed by atoms with E-state index in [4.69, 9.17) is 9.47 Å². The quantitative estimate of drug-likeness (QED) is 0.796. The van der Waals surface area contributed by atoms with Crippen LogP contribution in [0.15, 0.2) is 0 Å². The average Bonchev–Trinajstić information content (AvgIpc) is 2.70. The summed E-state index contributed by atoms with van der Waals surface area (Å²) in [6.45, 7) is 2.99. The first-order valence-electron chi connectivity index (χ1n) is 6.01. The maximum absolute atomic E-state index is 11.7. The fourth-order valence-electron chi connectivity index (χ4n) is 3.04. The zero-order chi connectivity index (χ0) is 12.0. The highest BCUT2D eigenvalue weighted by Gasteiger charge is 2.57. The molecule has 17 heavy (non-hydrogen) atoms. The van der Waals surface area contributed by atoms with Gasteiger partial charge in [0.1, 0.15) is 0 Å². The number of methoxy groups -OCH3 is 1. The largest absolute Gasteiger partial charge is 0.461 e. The van der Waals surface area contributed by atoms with Crippen molar-refractivity contribution in [2.24, 2.45) is 11.8 Å². The molecule has 3 atom stereocenters. The van der Waals surface area contributed by atoms with Crippen molar-refractivity contribution in [3.05, 3.63) is 17.0 Å². The Morgan fingerprint density at radius 1 is 1.59 bits per heavy atom. The zero-order valence-corrected chi connectivity index (χ0v) is 10.0. The highest BCUT2D eigenvalue weighted by molar-refractivity contribution is 5.89. The molecule has 1 heterocycles. The number of rotatable bonds is 4. The average molecular weight is 236 g/mol. The Morgan fingerprint density at radius 3 is 3.12 bits per heavy atom. The number of nitrogens with one attached hydrogen (secondary N) is 1. The van der Waals surface area contributed by atoms with Gasteiger partial charge in [-0.15, -0.1) is 0 Å². The van der Waals surface area contributed by atoms with Crippen LogP contribution in [-0.2, 0) is 15.9 Å². The number of ether oxygens (including phenoxy) is 2. The number of aromatic amines is 1. The van der Waals surface area contributed by atoms with Crippen LogP contribution < -0.4 is 0 Å². The maximum atomic E-state index is 11.7. The third kappa shape index (κ3) is 1.49. The molecule has 1 aromatic rings. The molecule has 0 aliphatic heterocycles. The predicted octanol–water partition coefficient (Wildman–Crippen LogP) is 1.12. The summed E-state index contributed by atoms with van der Waals surface area (Å²) in [5, 5.41) is 7.09. The van der Waals surface area contributed by atoms with Crippen molar-refractivity contribution in [2.75, 3.05) is 20.3 Å². The molecule has 0 amide bonds. The molecule has 1 fully saturated rings. The lowest BCUT2D eigenvalue weighted by Gasteiger charge is -2.03. The van der Waals surface area contributed by atoms with E-state index in [1.165, 1.54) is 0 Å². The van der Waals surface area contributed by atoms with Crippen LogP contribution in [0, 0.1) is 11.8 Å². The lowest BCUT2D eigenvalue weighted by molar-refractivity contribution is 0.0518. The molecule has 0 bridgehead atoms. The molecule has 92 valence electrons. The highest BCUT2D eigenvalue weighted by atomic mass is 16.5. The van der Waals surface area contributed by atoms with Crippen molar-refractivity contribution < 1.29 is 14.3 Å². The van der Waals surface area contributed by atoms with Crippen LogP contribution >= 0.6 is 0 Å². The number of esters is 1. The van der Waals surface area contributed by atoms with Gasteiger partial charge in [0.15, 0.2) is 5.69 Å². The van der Waals surface area contributed by atoms with E-state index in [0.717, 1.165) is 24.3 Å². The summed E-state index contributed by atoms with van der Waals surface area (Å²) in [5.41, 5.74) is 2.66. The molecular weight excluding hydrogens is 220 g/mol. The topological polar surface area (TPSA) is 64.2 Å². The van der Waals surface area contributed by atoms with E-state index in [1.807, 2.05) is 0 Å². The maximum Gasteiger partial charge on any atom is 0.359 e. The van der Waals surface area contributed by atoms with Gasteiger partial charge in [0.2, 0.25) is 0 Å². The van der Waals surface area contributed by atoms with Crippen molar-refractivity contribution in [3.63, 3.8) is 0 Å². The summed E-state index contributed by atoms with van der Waals surface area (Å²) >= 11 is 0. The van der Waals surface area contributed by atoms with Gasteiger partial charge >= 0.3 is 5.97 Å². The molecule has 5 heteroatoms. The summed E-state index contributed by atoms with van der Waals surface area (Å²) < 4.78 is 10.2. The number of fused-ring (bicyclic) bond motifs is 3. The Bertz CT molecular complexity index is 455. The van der Waals surface area contributed by atoms with Gasteiger partial charge in [-0.1, -0.05) is 0 Å². The minimum absolute atomic E-state index is 0.311. The first kappa shape index (κ1) is 10.8. The Labute approximate surface area is 99.5 Å². The summed E-state index contributed by atoms with van der Waals surface area (Å²) in [5.74, 6) is 1.44. The lowest BCUT2D eigenvalue weighted by Crippen LogP contribution is -2.09. The number of hydrogen-bond donors (Lipinski definition) is 1. The van der Waals surface area contributed by atoms with Crippen molar-refractivity contribution in [3.8, 4) is 0 Å². The Balaban J connectivity index is 1.79. The van der Waals surface area contributed by atoms with E-state index < -0.39 is 0 Å².